The van der Waals surface area contributed by atoms with Crippen molar-refractivity contribution in [1.29, 1.82) is 0 Å². The van der Waals surface area contributed by atoms with Crippen LogP contribution in [0.15, 0.2) is 36.8 Å². The molecule has 0 saturated heterocycles. The van der Waals surface area contributed by atoms with Crippen molar-refractivity contribution in [3.8, 4) is 0 Å². The fraction of sp³-hybridized carbons (Fsp3) is 0.357. The third-order valence-electron chi connectivity index (χ3n) is 3.29. The highest BCUT2D eigenvalue weighted by atomic mass is 19.1. The number of aromatic nitrogens is 2. The lowest BCUT2D eigenvalue weighted by atomic mass is 10.1. The van der Waals surface area contributed by atoms with Gasteiger partial charge in [-0.2, -0.15) is 0 Å². The first-order chi connectivity index (χ1) is 8.33. The van der Waals surface area contributed by atoms with E-state index in [1.807, 2.05) is 24.7 Å². The van der Waals surface area contributed by atoms with E-state index in [0.29, 0.717) is 0 Å². The fourth-order valence-electron chi connectivity index (χ4n) is 2.14. The minimum absolute atomic E-state index is 0.171. The van der Waals surface area contributed by atoms with E-state index in [1.165, 1.54) is 36.2 Å². The van der Waals surface area contributed by atoms with Crippen LogP contribution in [0.25, 0.3) is 0 Å². The molecule has 2 aromatic rings. The minimum atomic E-state index is -0.171. The summed E-state index contributed by atoms with van der Waals surface area (Å²) in [4.78, 5) is 4.21. The third-order valence-corrected chi connectivity index (χ3v) is 3.29. The predicted molar refractivity (Wildman–Crippen MR) is 64.3 cm³/mol. The van der Waals surface area contributed by atoms with Crippen LogP contribution in [-0.2, 0) is 13.0 Å². The largest absolute Gasteiger partial charge is 0.334 e. The average molecular weight is 230 g/mol. The van der Waals surface area contributed by atoms with Gasteiger partial charge in [0.05, 0.1) is 6.33 Å². The third kappa shape index (κ3) is 2.38. The molecule has 0 atom stereocenters. The molecule has 3 heteroatoms. The Morgan fingerprint density at radius 3 is 2.71 bits per heavy atom. The highest BCUT2D eigenvalue weighted by Gasteiger charge is 2.26. The summed E-state index contributed by atoms with van der Waals surface area (Å²) in [7, 11) is 0. The maximum atomic E-state index is 12.8. The number of aryl methyl sites for hydroxylation is 2. The SMILES string of the molecule is Fc1ccc(CCn2cncc2C2CC2)cc1. The number of hydrogen-bond acceptors (Lipinski definition) is 1. The molecule has 1 heterocycles. The van der Waals surface area contributed by atoms with E-state index in [4.69, 9.17) is 0 Å². The van der Waals surface area contributed by atoms with Crippen LogP contribution in [0, 0.1) is 5.82 Å². The number of halogens is 1. The van der Waals surface area contributed by atoms with Crippen LogP contribution in [0.2, 0.25) is 0 Å². The van der Waals surface area contributed by atoms with Gasteiger partial charge in [0.15, 0.2) is 0 Å². The molecule has 1 fully saturated rings. The molecule has 1 aliphatic carbocycles. The maximum absolute atomic E-state index is 12.8. The van der Waals surface area contributed by atoms with Crippen LogP contribution in [0.5, 0.6) is 0 Å². The van der Waals surface area contributed by atoms with E-state index in [9.17, 15) is 4.39 Å². The van der Waals surface area contributed by atoms with Gasteiger partial charge in [0.25, 0.3) is 0 Å². The van der Waals surface area contributed by atoms with Gasteiger partial charge in [-0.25, -0.2) is 9.37 Å². The molecule has 0 N–H and O–H groups in total. The Labute approximate surface area is 100 Å². The van der Waals surface area contributed by atoms with Crippen molar-refractivity contribution in [3.63, 3.8) is 0 Å². The normalized spacial score (nSPS) is 15.1. The van der Waals surface area contributed by atoms with Crippen molar-refractivity contribution in [2.24, 2.45) is 0 Å². The standard InChI is InChI=1S/C14H15FN2/c15-13-5-1-11(2-6-13)7-8-17-10-16-9-14(17)12-3-4-12/h1-2,5-6,9-10,12H,3-4,7-8H2. The second-order valence-electron chi connectivity index (χ2n) is 4.66. The zero-order valence-corrected chi connectivity index (χ0v) is 9.64. The first-order valence-electron chi connectivity index (χ1n) is 6.07. The number of imidazole rings is 1. The van der Waals surface area contributed by atoms with Gasteiger partial charge in [0, 0.05) is 24.4 Å². The molecule has 0 spiro atoms. The highest BCUT2D eigenvalue weighted by molar-refractivity contribution is 5.17. The van der Waals surface area contributed by atoms with Gasteiger partial charge in [0.1, 0.15) is 5.82 Å². The summed E-state index contributed by atoms with van der Waals surface area (Å²) in [6.45, 7) is 0.928. The quantitative estimate of drug-likeness (QED) is 0.789. The van der Waals surface area contributed by atoms with Crippen LogP contribution in [0.3, 0.4) is 0 Å². The van der Waals surface area contributed by atoms with Gasteiger partial charge in [-0.1, -0.05) is 12.1 Å². The lowest BCUT2D eigenvalue weighted by Crippen LogP contribution is -2.03. The first kappa shape index (κ1) is 10.5. The molecule has 88 valence electrons. The van der Waals surface area contributed by atoms with E-state index in [2.05, 4.69) is 9.55 Å². The molecule has 1 aromatic carbocycles. The van der Waals surface area contributed by atoms with Gasteiger partial charge >= 0.3 is 0 Å². The number of hydrogen-bond donors (Lipinski definition) is 0. The van der Waals surface area contributed by atoms with Gasteiger partial charge in [-0.15, -0.1) is 0 Å². The van der Waals surface area contributed by atoms with Crippen molar-refractivity contribution >= 4 is 0 Å². The topological polar surface area (TPSA) is 17.8 Å². The number of rotatable bonds is 4. The Morgan fingerprint density at radius 1 is 1.24 bits per heavy atom. The molecular formula is C14H15FN2. The van der Waals surface area contributed by atoms with Crippen molar-refractivity contribution in [1.82, 2.24) is 9.55 Å². The summed E-state index contributed by atoms with van der Waals surface area (Å²) in [5.41, 5.74) is 2.52. The Bertz CT molecular complexity index is 497. The summed E-state index contributed by atoms with van der Waals surface area (Å²) in [6, 6.07) is 6.74. The second-order valence-corrected chi connectivity index (χ2v) is 4.66. The summed E-state index contributed by atoms with van der Waals surface area (Å²) < 4.78 is 15.0. The lowest BCUT2D eigenvalue weighted by Gasteiger charge is -2.07. The van der Waals surface area contributed by atoms with Crippen molar-refractivity contribution in [2.75, 3.05) is 0 Å². The minimum Gasteiger partial charge on any atom is -0.334 e. The summed E-state index contributed by atoms with van der Waals surface area (Å²) >= 11 is 0. The molecule has 0 radical (unpaired) electrons. The first-order valence-corrected chi connectivity index (χ1v) is 6.07. The second kappa shape index (κ2) is 4.32. The van der Waals surface area contributed by atoms with Crippen LogP contribution >= 0.6 is 0 Å². The Morgan fingerprint density at radius 2 is 2.00 bits per heavy atom. The molecule has 17 heavy (non-hydrogen) atoms. The molecule has 2 nitrogen and oxygen atoms in total. The molecule has 0 amide bonds. The van der Waals surface area contributed by atoms with Crippen LogP contribution in [0.4, 0.5) is 4.39 Å². The van der Waals surface area contributed by atoms with Gasteiger partial charge in [-0.05, 0) is 37.0 Å². The van der Waals surface area contributed by atoms with E-state index in [-0.39, 0.29) is 5.82 Å². The lowest BCUT2D eigenvalue weighted by molar-refractivity contribution is 0.624. The molecule has 1 aromatic heterocycles. The zero-order valence-electron chi connectivity index (χ0n) is 9.64. The van der Waals surface area contributed by atoms with Crippen molar-refractivity contribution < 1.29 is 4.39 Å². The molecule has 0 bridgehead atoms. The van der Waals surface area contributed by atoms with E-state index in [1.54, 1.807) is 0 Å². The molecular weight excluding hydrogens is 215 g/mol. The Hall–Kier alpha value is -1.64. The molecule has 1 aliphatic rings. The Balaban J connectivity index is 1.67. The van der Waals surface area contributed by atoms with E-state index >= 15 is 0 Å². The molecule has 1 saturated carbocycles. The van der Waals surface area contributed by atoms with Gasteiger partial charge in [-0.3, -0.25) is 0 Å². The smallest absolute Gasteiger partial charge is 0.123 e. The number of benzene rings is 1. The summed E-state index contributed by atoms with van der Waals surface area (Å²) in [5.74, 6) is 0.556. The number of nitrogens with zero attached hydrogens (tertiary/aromatic N) is 2. The van der Waals surface area contributed by atoms with Crippen LogP contribution in [-0.4, -0.2) is 9.55 Å². The van der Waals surface area contributed by atoms with Gasteiger partial charge in [0.2, 0.25) is 0 Å². The molecule has 0 unspecified atom stereocenters. The monoisotopic (exact) mass is 230 g/mol. The van der Waals surface area contributed by atoms with E-state index < -0.39 is 0 Å². The van der Waals surface area contributed by atoms with Gasteiger partial charge < -0.3 is 4.57 Å². The van der Waals surface area contributed by atoms with Crippen molar-refractivity contribution in [2.45, 2.75) is 31.7 Å². The van der Waals surface area contributed by atoms with Crippen LogP contribution < -0.4 is 0 Å². The van der Waals surface area contributed by atoms with E-state index in [0.717, 1.165) is 18.9 Å². The fourth-order valence-corrected chi connectivity index (χ4v) is 2.14. The predicted octanol–water partition coefficient (Wildman–Crippen LogP) is 3.14. The van der Waals surface area contributed by atoms with Crippen LogP contribution in [0.1, 0.15) is 30.0 Å². The summed E-state index contributed by atoms with van der Waals surface area (Å²) in [6.07, 6.45) is 7.39. The molecule has 3 rings (SSSR count). The summed E-state index contributed by atoms with van der Waals surface area (Å²) in [5, 5.41) is 0. The average Bonchev–Trinajstić information content (AvgIpc) is 3.08. The highest BCUT2D eigenvalue weighted by Crippen LogP contribution is 2.39. The Kier molecular flexibility index (Phi) is 2.67. The van der Waals surface area contributed by atoms with Crippen molar-refractivity contribution in [3.05, 3.63) is 53.9 Å². The maximum Gasteiger partial charge on any atom is 0.123 e. The zero-order chi connectivity index (χ0) is 11.7. The molecule has 0 aliphatic heterocycles.